The van der Waals surface area contributed by atoms with Crippen molar-refractivity contribution in [2.75, 3.05) is 38.1 Å². The lowest BCUT2D eigenvalue weighted by atomic mass is 10.0. The fourth-order valence-corrected chi connectivity index (χ4v) is 7.75. The Hall–Kier alpha value is -3.56. The molecule has 11 nitrogen and oxygen atoms in total. The number of carbonyl (C=O) groups excluding carboxylic acids is 1. The molecule has 3 aromatic rings. The number of aliphatic hydroxyl groups excluding tert-OH is 1. The number of rotatable bonds is 9. The monoisotopic (exact) mass is 719 g/mol. The van der Waals surface area contributed by atoms with E-state index in [4.69, 9.17) is 9.47 Å². The number of aliphatic hydroxyl groups is 1. The van der Waals surface area contributed by atoms with E-state index in [0.717, 1.165) is 36.2 Å². The molecule has 0 saturated carbocycles. The van der Waals surface area contributed by atoms with Gasteiger partial charge in [-0.2, -0.15) is 4.31 Å². The van der Waals surface area contributed by atoms with Crippen LogP contribution >= 0.6 is 0 Å². The van der Waals surface area contributed by atoms with E-state index in [-0.39, 0.29) is 58.5 Å². The first kappa shape index (κ1) is 38.2. The van der Waals surface area contributed by atoms with Gasteiger partial charge >= 0.3 is 0 Å². The lowest BCUT2D eigenvalue weighted by molar-refractivity contribution is -0.00833. The molecule has 0 radical (unpaired) electrons. The molecule has 0 saturated heterocycles. The van der Waals surface area contributed by atoms with Gasteiger partial charge in [0, 0.05) is 38.3 Å². The minimum absolute atomic E-state index is 0.0261. The Balaban J connectivity index is 1.67. The molecule has 0 aromatic heterocycles. The number of likely N-dealkylation sites (N-methyl/N-ethyl adjacent to an activating group) is 1. The number of benzene rings is 3. The highest BCUT2D eigenvalue weighted by Crippen LogP contribution is 2.30. The smallest absolute Gasteiger partial charge is 0.261 e. The highest BCUT2D eigenvalue weighted by atomic mass is 32.2. The van der Waals surface area contributed by atoms with Crippen LogP contribution in [0.15, 0.2) is 76.5 Å². The summed E-state index contributed by atoms with van der Waals surface area (Å²) in [5.41, 5.74) is 1.10. The third kappa shape index (κ3) is 9.79. The zero-order chi connectivity index (χ0) is 35.9. The number of sulfonamides is 2. The Morgan fingerprint density at radius 3 is 2.31 bits per heavy atom. The van der Waals surface area contributed by atoms with E-state index in [2.05, 4.69) is 4.72 Å². The highest BCUT2D eigenvalue weighted by Gasteiger charge is 2.32. The molecule has 49 heavy (non-hydrogen) atoms. The Bertz CT molecular complexity index is 1790. The van der Waals surface area contributed by atoms with E-state index in [1.54, 1.807) is 31.2 Å². The van der Waals surface area contributed by atoms with Crippen LogP contribution in [0.25, 0.3) is 0 Å². The van der Waals surface area contributed by atoms with E-state index in [1.807, 2.05) is 20.8 Å². The number of halogens is 1. The van der Waals surface area contributed by atoms with Gasteiger partial charge in [-0.05, 0) is 94.6 Å². The van der Waals surface area contributed by atoms with Gasteiger partial charge in [-0.3, -0.25) is 9.52 Å². The van der Waals surface area contributed by atoms with Crippen molar-refractivity contribution in [3.8, 4) is 5.75 Å². The molecule has 1 heterocycles. The van der Waals surface area contributed by atoms with Gasteiger partial charge in [-0.15, -0.1) is 0 Å². The van der Waals surface area contributed by atoms with Crippen molar-refractivity contribution in [3.63, 3.8) is 0 Å². The number of hydrogen-bond acceptors (Lipinski definition) is 8. The van der Waals surface area contributed by atoms with Gasteiger partial charge in [0.15, 0.2) is 0 Å². The normalized spacial score (nSPS) is 20.6. The van der Waals surface area contributed by atoms with Crippen molar-refractivity contribution in [2.24, 2.45) is 5.92 Å². The van der Waals surface area contributed by atoms with Crippen molar-refractivity contribution >= 4 is 31.6 Å². The first-order valence-electron chi connectivity index (χ1n) is 16.3. The zero-order valence-corrected chi connectivity index (χ0v) is 30.1. The molecule has 0 bridgehead atoms. The number of nitrogens with one attached hydrogen (secondary N) is 1. The molecule has 1 aliphatic rings. The van der Waals surface area contributed by atoms with E-state index >= 15 is 0 Å². The van der Waals surface area contributed by atoms with Crippen LogP contribution in [-0.4, -0.2) is 88.7 Å². The Labute approximate surface area is 289 Å². The average Bonchev–Trinajstić information content (AvgIpc) is 3.06. The van der Waals surface area contributed by atoms with Gasteiger partial charge in [0.05, 0.1) is 40.2 Å². The van der Waals surface area contributed by atoms with Crippen LogP contribution in [0, 0.1) is 18.7 Å². The van der Waals surface area contributed by atoms with Crippen molar-refractivity contribution in [1.82, 2.24) is 9.21 Å². The molecular formula is C35H46FN3O8S2. The SMILES string of the molecule is Cc1ccc(S(=O)(=O)N(C)C[C@H]2OCCCC[C@H](C)Oc3ccc(NS(=O)(=O)c4ccc(F)cc4)cc3C(=O)N([C@H](C)CO)C[C@H]2C)cc1. The summed E-state index contributed by atoms with van der Waals surface area (Å²) in [5, 5.41) is 10.2. The number of nitrogens with zero attached hydrogens (tertiary/aromatic N) is 2. The summed E-state index contributed by atoms with van der Waals surface area (Å²) in [4.78, 5) is 15.8. The maximum atomic E-state index is 14.4. The third-order valence-corrected chi connectivity index (χ3v) is 11.8. The van der Waals surface area contributed by atoms with Crippen LogP contribution in [0.1, 0.15) is 56.0 Å². The number of ether oxygens (including phenoxy) is 2. The molecule has 14 heteroatoms. The fraction of sp³-hybridized carbons (Fsp3) is 0.457. The topological polar surface area (TPSA) is 143 Å². The largest absolute Gasteiger partial charge is 0.490 e. The van der Waals surface area contributed by atoms with Crippen LogP contribution in [0.2, 0.25) is 0 Å². The molecule has 2 N–H and O–H groups in total. The zero-order valence-electron chi connectivity index (χ0n) is 28.5. The first-order valence-corrected chi connectivity index (χ1v) is 19.2. The standard InChI is InChI=1S/C35H46FN3O8S2/c1-24-9-14-31(15-10-24)49(44,45)38(5)22-34-25(2)21-39(26(3)23-40)35(41)32-20-29(37-48(42,43)30-16-11-28(36)12-17-30)13-18-33(32)47-27(4)8-6-7-19-46-34/h9-18,20,25-27,34,37,40H,6-8,19,21-23H2,1-5H3/t25-,26-,27+,34-/m1/s1. The molecule has 4 atom stereocenters. The minimum atomic E-state index is -4.12. The van der Waals surface area contributed by atoms with E-state index in [0.29, 0.717) is 19.4 Å². The minimum Gasteiger partial charge on any atom is -0.490 e. The van der Waals surface area contributed by atoms with Crippen LogP contribution in [0.3, 0.4) is 0 Å². The molecule has 1 amide bonds. The van der Waals surface area contributed by atoms with E-state index in [1.165, 1.54) is 34.5 Å². The molecular weight excluding hydrogens is 674 g/mol. The molecule has 0 aliphatic carbocycles. The number of amides is 1. The number of aryl methyl sites for hydroxylation is 1. The number of hydrogen-bond donors (Lipinski definition) is 2. The van der Waals surface area contributed by atoms with Gasteiger partial charge in [0.25, 0.3) is 15.9 Å². The number of fused-ring (bicyclic) bond motifs is 1. The molecule has 3 aromatic carbocycles. The summed E-state index contributed by atoms with van der Waals surface area (Å²) in [7, 11) is -6.46. The van der Waals surface area contributed by atoms with Gasteiger partial charge in [-0.25, -0.2) is 21.2 Å². The number of anilines is 1. The predicted molar refractivity (Wildman–Crippen MR) is 185 cm³/mol. The average molecular weight is 720 g/mol. The van der Waals surface area contributed by atoms with E-state index < -0.39 is 43.9 Å². The maximum Gasteiger partial charge on any atom is 0.261 e. The second-order valence-corrected chi connectivity index (χ2v) is 16.4. The van der Waals surface area contributed by atoms with Crippen molar-refractivity contribution < 1.29 is 40.6 Å². The summed E-state index contributed by atoms with van der Waals surface area (Å²) in [6.07, 6.45) is 1.16. The molecule has 0 unspecified atom stereocenters. The first-order chi connectivity index (χ1) is 23.1. The van der Waals surface area contributed by atoms with Gasteiger partial charge in [0.1, 0.15) is 11.6 Å². The maximum absolute atomic E-state index is 14.4. The Morgan fingerprint density at radius 2 is 1.65 bits per heavy atom. The van der Waals surface area contributed by atoms with Crippen molar-refractivity contribution in [3.05, 3.63) is 83.7 Å². The summed E-state index contributed by atoms with van der Waals surface area (Å²) >= 11 is 0. The van der Waals surface area contributed by atoms with Crippen LogP contribution in [0.4, 0.5) is 10.1 Å². The summed E-state index contributed by atoms with van der Waals surface area (Å²) < 4.78 is 82.8. The summed E-state index contributed by atoms with van der Waals surface area (Å²) in [5.74, 6) is -1.24. The highest BCUT2D eigenvalue weighted by molar-refractivity contribution is 7.92. The molecule has 0 spiro atoms. The van der Waals surface area contributed by atoms with Gasteiger partial charge in [0.2, 0.25) is 10.0 Å². The Morgan fingerprint density at radius 1 is 1.00 bits per heavy atom. The van der Waals surface area contributed by atoms with Crippen LogP contribution in [-0.2, 0) is 24.8 Å². The van der Waals surface area contributed by atoms with E-state index in [9.17, 15) is 31.1 Å². The predicted octanol–water partition coefficient (Wildman–Crippen LogP) is 5.05. The fourth-order valence-electron chi connectivity index (χ4n) is 5.52. The van der Waals surface area contributed by atoms with Gasteiger partial charge < -0.3 is 19.5 Å². The quantitative estimate of drug-likeness (QED) is 0.313. The van der Waals surface area contributed by atoms with Crippen LogP contribution in [0.5, 0.6) is 5.75 Å². The summed E-state index contributed by atoms with van der Waals surface area (Å²) in [6, 6.07) is 14.7. The third-order valence-electron chi connectivity index (χ3n) is 8.59. The lowest BCUT2D eigenvalue weighted by Gasteiger charge is -2.35. The Kier molecular flexibility index (Phi) is 12.8. The number of carbonyl (C=O) groups is 1. The second kappa shape index (κ2) is 16.4. The lowest BCUT2D eigenvalue weighted by Crippen LogP contribution is -2.48. The van der Waals surface area contributed by atoms with Gasteiger partial charge in [-0.1, -0.05) is 24.6 Å². The molecule has 1 aliphatic heterocycles. The van der Waals surface area contributed by atoms with Crippen LogP contribution < -0.4 is 9.46 Å². The molecule has 268 valence electrons. The van der Waals surface area contributed by atoms with Crippen molar-refractivity contribution in [2.45, 2.75) is 75.0 Å². The molecule has 0 fully saturated rings. The second-order valence-electron chi connectivity index (χ2n) is 12.7. The molecule has 4 rings (SSSR count). The van der Waals surface area contributed by atoms with Crippen molar-refractivity contribution in [1.29, 1.82) is 0 Å². The summed E-state index contributed by atoms with van der Waals surface area (Å²) in [6.45, 7) is 7.41.